The fraction of sp³-hybridized carbons (Fsp3) is 0.581. The molecule has 0 spiro atoms. The number of allylic oxidation sites excluding steroid dienone is 15. The average molecular weight is 2000 g/mol. The van der Waals surface area contributed by atoms with Crippen LogP contribution in [0.3, 0.4) is 0 Å². The first-order valence-electron chi connectivity index (χ1n) is 49.9. The van der Waals surface area contributed by atoms with Crippen LogP contribution < -0.4 is 17.2 Å². The van der Waals surface area contributed by atoms with Gasteiger partial charge in [0.15, 0.2) is 29.3 Å². The van der Waals surface area contributed by atoms with Crippen LogP contribution in [0.5, 0.6) is 11.5 Å². The molecule has 0 aromatic heterocycles. The lowest BCUT2D eigenvalue weighted by molar-refractivity contribution is -0.167. The van der Waals surface area contributed by atoms with Crippen molar-refractivity contribution in [3.63, 3.8) is 0 Å². The summed E-state index contributed by atoms with van der Waals surface area (Å²) in [6.45, 7) is 48.0. The number of amides is 3. The summed E-state index contributed by atoms with van der Waals surface area (Å²) in [5.74, 6) is -0.993. The summed E-state index contributed by atoms with van der Waals surface area (Å²) in [7, 11) is 1.00. The molecule has 3 aromatic rings. The normalized spacial score (nSPS) is 36.1. The highest BCUT2D eigenvalue weighted by atomic mass is 32.2. The predicted octanol–water partition coefficient (Wildman–Crippen LogP) is 24.7. The number of aromatic hydroxyl groups is 2. The second-order valence-corrected chi connectivity index (χ2v) is 49.3. The number of esters is 3. The molecule has 0 heterocycles. The highest BCUT2D eigenvalue weighted by Crippen LogP contribution is 2.79. The number of hydrogen-bond acceptors (Lipinski definition) is 20. The summed E-state index contributed by atoms with van der Waals surface area (Å²) in [5.41, 5.74) is 25.9. The summed E-state index contributed by atoms with van der Waals surface area (Å²) >= 11 is 6.39. The van der Waals surface area contributed by atoms with E-state index in [-0.39, 0.29) is 134 Å². The third-order valence-electron chi connectivity index (χ3n) is 36.9. The van der Waals surface area contributed by atoms with E-state index in [0.29, 0.717) is 28.5 Å². The Morgan fingerprint density at radius 1 is 0.596 bits per heavy atom. The van der Waals surface area contributed by atoms with Gasteiger partial charge >= 0.3 is 17.9 Å². The first kappa shape index (κ1) is 116. The van der Waals surface area contributed by atoms with E-state index < -0.39 is 51.3 Å². The minimum atomic E-state index is -1.15. The number of aliphatic hydroxyl groups is 4. The number of phenolic OH excluding ortho intramolecular Hbond substituents is 2. The summed E-state index contributed by atoms with van der Waals surface area (Å²) in [6, 6.07) is 22.0. The molecule has 0 saturated heterocycles. The van der Waals surface area contributed by atoms with Gasteiger partial charge in [-0.15, -0.1) is 24.4 Å². The van der Waals surface area contributed by atoms with Gasteiger partial charge in [-0.05, 0) is 285 Å². The summed E-state index contributed by atoms with van der Waals surface area (Å²) in [5, 5.41) is 58.8. The van der Waals surface area contributed by atoms with Crippen LogP contribution >= 0.6 is 36.2 Å². The minimum Gasteiger partial charge on any atom is -0.515 e. The molecule has 12 aliphatic rings. The molecule has 8 saturated carbocycles. The zero-order chi connectivity index (χ0) is 104. The fourth-order valence-corrected chi connectivity index (χ4v) is 29.8. The maximum Gasteiger partial charge on any atom is 0.310 e. The Morgan fingerprint density at radius 3 is 1.60 bits per heavy atom. The first-order chi connectivity index (χ1) is 65.1. The van der Waals surface area contributed by atoms with Crippen molar-refractivity contribution < 1.29 is 88.0 Å². The van der Waals surface area contributed by atoms with Crippen molar-refractivity contribution >= 4 is 88.3 Å². The van der Waals surface area contributed by atoms with Crippen LogP contribution in [0.25, 0.3) is 0 Å². The Balaban J connectivity index is 0.000000218. The Hall–Kier alpha value is -9.04. The number of hydrogen-bond donors (Lipinski definition) is 10. The lowest BCUT2D eigenvalue weighted by atomic mass is 9.34. The van der Waals surface area contributed by atoms with Crippen molar-refractivity contribution in [3.8, 4) is 11.5 Å². The van der Waals surface area contributed by atoms with E-state index in [9.17, 15) is 68.7 Å². The van der Waals surface area contributed by atoms with Gasteiger partial charge in [0.05, 0.1) is 11.5 Å². The quantitative estimate of drug-likeness (QED) is 0.00733. The number of thioether (sulfide) groups is 2. The van der Waals surface area contributed by atoms with Crippen molar-refractivity contribution in [2.75, 3.05) is 7.11 Å². The van der Waals surface area contributed by atoms with Crippen molar-refractivity contribution in [1.82, 2.24) is 0 Å². The highest BCUT2D eigenvalue weighted by Gasteiger charge is 2.70. The van der Waals surface area contributed by atoms with Gasteiger partial charge < -0.3 is 62.1 Å². The number of primary amides is 3. The molecule has 0 bridgehead atoms. The monoisotopic (exact) mass is 1990 g/mol. The van der Waals surface area contributed by atoms with Crippen molar-refractivity contribution in [2.24, 2.45) is 111 Å². The van der Waals surface area contributed by atoms with E-state index >= 15 is 0 Å². The van der Waals surface area contributed by atoms with E-state index in [4.69, 9.17) is 31.8 Å². The third-order valence-corrected chi connectivity index (χ3v) is 39.4. The Bertz CT molecular complexity index is 5610. The molecule has 21 nitrogen and oxygen atoms in total. The SMILES string of the molecule is C.C/C(=C\O)C1=CC=C2[C@@](C)(CC[C@@]3(C)[C@@H]4C[C@](C)(C(N)=O)CC[C@]4(C)CC[C@]23C)/C1=C/C=O.CC(=O)OC(C)=O.CC(=O)OC1=C(OC(C)O)/C(C)=C/C(SC(=O)C2=CCCC=C2)/C=C2\[C@](C)(\C=C\1)CC[C@@]1(C)[C@@H]3C[C@](C)(C(N)=O)CC[C@]3(C)CC[C@]21C.CC(C)(C[C@@H]1C(C)(C)CC[C@]2(C)C3=CC(SC(O)c4ccccc4)c4cc(O)c(O)cc4[C@]3(C)CC[C@@]12C)C(N)=O.CO.O=C(S)c1ccccc1. The summed E-state index contributed by atoms with van der Waals surface area (Å²) in [4.78, 5) is 106. The van der Waals surface area contributed by atoms with Gasteiger partial charge in [-0.3, -0.25) is 43.2 Å². The number of carbonyl (C=O) groups is 9. The minimum absolute atomic E-state index is 0. The molecule has 772 valence electrons. The van der Waals surface area contributed by atoms with Crippen molar-refractivity contribution in [3.05, 3.63) is 224 Å². The van der Waals surface area contributed by atoms with Crippen LogP contribution in [-0.4, -0.2) is 101 Å². The molecule has 0 aliphatic heterocycles. The number of nitrogens with two attached hydrogens (primary N) is 3. The van der Waals surface area contributed by atoms with Crippen LogP contribution in [0.1, 0.15) is 339 Å². The van der Waals surface area contributed by atoms with Crippen LogP contribution in [0.15, 0.2) is 202 Å². The van der Waals surface area contributed by atoms with Gasteiger partial charge in [-0.1, -0.05) is 269 Å². The standard InChI is InChI=1S/C40H55NO6S.C35H47NO4S.C29H41NO3.C7H6OS.C4H6O3.CH4O.CH4/c1-25-22-29(48-34(44)28-12-10-9-11-13-28)23-31-36(4,15-14-30(46-26(2)42)33(25)47-27(3)43)18-21-40(8)32-24-38(6,35(41)45)17-16-37(32,5)19-20-39(31,40)7;1-31(2)13-15-34(6)27-19-26(41-29(39)21-11-9-8-10-12-21)22-17-24(37)25(38)18-23(22)33(27,5)14-16-35(34,7)28(31)20-32(3,4)30(36)40;1-19(18-32)20-7-8-22-27(4,21(20)9-16-31)13-15-29(6)23-17-26(3,24(30)33)11-10-25(23,2)12-14-28(22,29)5;8-7(9)6-4-2-1-3-5-6;1-3(5)7-4(2)6;1-2;/h10,12-15,22-23,27,29,32,43H,9,11,16-21,24H2,1-8H3,(H2,41,45);8-12,17-19,26,28-29,37-39H,13-16,20H2,1-7H3,(H2,36,40);7-9,16,18,23,32H,10-15,17H2,1-6H3,(H2,30,33);1-5H,(H,8,9);1-2H3;2H,1H3;1H4/b15-14+,25-22+,31-23+,33-30-;;19-18+,21-9+;;;;/t27?,29?,32-,36-,37-,38-,39-,40+;26?,28-,29?,33+,34-,35+;23-,25-,26-,27+,28-,29+;;;;/m111..../s1. The zero-order valence-electron chi connectivity index (χ0n) is 87.4. The summed E-state index contributed by atoms with van der Waals surface area (Å²) in [6.07, 6.45) is 43.4. The Kier molecular flexibility index (Phi) is 35.8. The van der Waals surface area contributed by atoms with E-state index in [1.807, 2.05) is 107 Å². The topological polar surface area (TPSA) is 381 Å². The Labute approximate surface area is 853 Å². The maximum atomic E-state index is 13.8. The molecule has 24 heteroatoms. The second-order valence-electron chi connectivity index (χ2n) is 46.5. The molecule has 20 atom stereocenters. The maximum absolute atomic E-state index is 13.8. The van der Waals surface area contributed by atoms with Gasteiger partial charge in [0.1, 0.15) is 11.7 Å². The number of aldehydes is 1. The van der Waals surface area contributed by atoms with Crippen molar-refractivity contribution in [1.29, 1.82) is 0 Å². The van der Waals surface area contributed by atoms with E-state index in [2.05, 4.69) is 152 Å². The molecule has 3 aromatic carbocycles. The molecule has 141 heavy (non-hydrogen) atoms. The number of ether oxygens (including phenoxy) is 3. The molecule has 8 fully saturated rings. The number of carbonyl (C=O) groups excluding carboxylic acids is 9. The van der Waals surface area contributed by atoms with Crippen LogP contribution in [0, 0.1) is 93.6 Å². The lowest BCUT2D eigenvalue weighted by Crippen LogP contribution is -2.62. The van der Waals surface area contributed by atoms with Crippen LogP contribution in [-0.2, 0) is 58.0 Å². The predicted molar refractivity (Wildman–Crippen MR) is 567 cm³/mol. The van der Waals surface area contributed by atoms with Crippen molar-refractivity contribution in [2.45, 2.75) is 329 Å². The van der Waals surface area contributed by atoms with E-state index in [1.54, 1.807) is 30.3 Å². The molecular formula is C117H163N3O18S3. The summed E-state index contributed by atoms with van der Waals surface area (Å²) < 4.78 is 15.6. The molecule has 4 unspecified atom stereocenters. The number of fused-ring (bicyclic) bond motifs is 15. The van der Waals surface area contributed by atoms with Crippen LogP contribution in [0.4, 0.5) is 0 Å². The number of benzene rings is 3. The second kappa shape index (κ2) is 43.7. The third kappa shape index (κ3) is 22.5. The number of rotatable bonds is 16. The lowest BCUT2D eigenvalue weighted by Gasteiger charge is -2.70. The Morgan fingerprint density at radius 2 is 1.11 bits per heavy atom. The molecule has 12 N–H and O–H groups in total. The highest BCUT2D eigenvalue weighted by molar-refractivity contribution is 8.14. The number of thiol groups is 1. The number of phenols is 2. The first-order valence-corrected chi connectivity index (χ1v) is 52.2. The molecule has 3 amide bonds. The fourth-order valence-electron chi connectivity index (χ4n) is 27.4. The number of aliphatic hydroxyl groups excluding tert-OH is 4. The van der Waals surface area contributed by atoms with E-state index in [1.165, 1.54) is 67.9 Å². The largest absolute Gasteiger partial charge is 0.515 e. The van der Waals surface area contributed by atoms with E-state index in [0.717, 1.165) is 188 Å². The van der Waals surface area contributed by atoms with Gasteiger partial charge in [-0.25, -0.2) is 0 Å². The smallest absolute Gasteiger partial charge is 0.310 e. The zero-order valence-corrected chi connectivity index (χ0v) is 89.9. The molecule has 12 aliphatic carbocycles. The van der Waals surface area contributed by atoms with Gasteiger partial charge in [0.2, 0.25) is 28.0 Å². The van der Waals surface area contributed by atoms with Gasteiger partial charge in [-0.2, -0.15) is 0 Å². The molecule has 15 rings (SSSR count). The average Bonchev–Trinajstić information content (AvgIpc) is 0.683. The van der Waals surface area contributed by atoms with Gasteiger partial charge in [0.25, 0.3) is 0 Å². The molecule has 0 radical (unpaired) electrons. The molecular weight excluding hydrogens is 1830 g/mol. The van der Waals surface area contributed by atoms with Crippen LogP contribution in [0.2, 0.25) is 0 Å². The van der Waals surface area contributed by atoms with Gasteiger partial charge in [0, 0.05) is 76.8 Å².